The highest BCUT2D eigenvalue weighted by molar-refractivity contribution is 9.10. The van der Waals surface area contributed by atoms with E-state index >= 15 is 0 Å². The number of hydrogen-bond acceptors (Lipinski definition) is 2. The molecular formula is C17H27BrN2. The van der Waals surface area contributed by atoms with Crippen LogP contribution in [-0.4, -0.2) is 19.1 Å². The molecule has 2 rings (SSSR count). The molecule has 0 bridgehead atoms. The normalized spacial score (nSPS) is 19.1. The maximum Gasteiger partial charge on any atom is 0.0412 e. The molecule has 1 aliphatic heterocycles. The number of anilines is 1. The Balaban J connectivity index is 2.10. The van der Waals surface area contributed by atoms with Gasteiger partial charge in [0.1, 0.15) is 0 Å². The first-order valence-electron chi connectivity index (χ1n) is 7.87. The molecule has 1 aliphatic rings. The number of rotatable bonds is 6. The fourth-order valence-corrected chi connectivity index (χ4v) is 3.42. The van der Waals surface area contributed by atoms with Crippen LogP contribution >= 0.6 is 15.9 Å². The first-order valence-corrected chi connectivity index (χ1v) is 8.66. The minimum atomic E-state index is 0.522. The van der Waals surface area contributed by atoms with E-state index in [1.54, 1.807) is 0 Å². The van der Waals surface area contributed by atoms with Crippen molar-refractivity contribution in [3.05, 3.63) is 28.2 Å². The molecule has 0 spiro atoms. The fraction of sp³-hybridized carbons (Fsp3) is 0.647. The van der Waals surface area contributed by atoms with Crippen LogP contribution in [0.15, 0.2) is 22.7 Å². The van der Waals surface area contributed by atoms with Crippen LogP contribution < -0.4 is 10.2 Å². The largest absolute Gasteiger partial charge is 0.371 e. The monoisotopic (exact) mass is 338 g/mol. The molecule has 1 N–H and O–H groups in total. The van der Waals surface area contributed by atoms with Gasteiger partial charge in [-0.3, -0.25) is 0 Å². The SMILES string of the molecule is CCCC1CCN(c2ccc(Br)cc2CNC(C)C)C1. The summed E-state index contributed by atoms with van der Waals surface area (Å²) in [6.45, 7) is 10.1. The Labute approximate surface area is 132 Å². The summed E-state index contributed by atoms with van der Waals surface area (Å²) < 4.78 is 1.17. The molecule has 0 saturated carbocycles. The molecule has 1 aromatic carbocycles. The number of benzene rings is 1. The molecule has 1 saturated heterocycles. The molecule has 0 amide bonds. The summed E-state index contributed by atoms with van der Waals surface area (Å²) in [4.78, 5) is 2.57. The highest BCUT2D eigenvalue weighted by Gasteiger charge is 2.23. The summed E-state index contributed by atoms with van der Waals surface area (Å²) in [5.41, 5.74) is 2.82. The van der Waals surface area contributed by atoms with Gasteiger partial charge in [-0.15, -0.1) is 0 Å². The molecule has 1 aromatic rings. The number of halogens is 1. The van der Waals surface area contributed by atoms with Crippen LogP contribution in [0.25, 0.3) is 0 Å². The molecule has 1 unspecified atom stereocenters. The first kappa shape index (κ1) is 15.8. The molecule has 1 fully saturated rings. The topological polar surface area (TPSA) is 15.3 Å². The first-order chi connectivity index (χ1) is 9.60. The molecule has 20 heavy (non-hydrogen) atoms. The van der Waals surface area contributed by atoms with Crippen molar-refractivity contribution in [1.29, 1.82) is 0 Å². The van der Waals surface area contributed by atoms with E-state index in [1.807, 2.05) is 0 Å². The zero-order chi connectivity index (χ0) is 14.5. The van der Waals surface area contributed by atoms with Crippen LogP contribution in [0.2, 0.25) is 0 Å². The summed E-state index contributed by atoms with van der Waals surface area (Å²) in [5, 5.41) is 3.54. The van der Waals surface area contributed by atoms with Crippen molar-refractivity contribution in [2.24, 2.45) is 5.92 Å². The molecule has 112 valence electrons. The van der Waals surface area contributed by atoms with Gasteiger partial charge >= 0.3 is 0 Å². The third kappa shape index (κ3) is 4.23. The van der Waals surface area contributed by atoms with Gasteiger partial charge in [-0.2, -0.15) is 0 Å². The standard InChI is InChI=1S/C17H27BrN2/c1-4-5-14-8-9-20(12-14)17-7-6-16(18)10-15(17)11-19-13(2)3/h6-7,10,13-14,19H,4-5,8-9,11-12H2,1-3H3. The van der Waals surface area contributed by atoms with Gasteiger partial charge in [0.2, 0.25) is 0 Å². The zero-order valence-corrected chi connectivity index (χ0v) is 14.5. The average Bonchev–Trinajstić information content (AvgIpc) is 2.85. The second-order valence-corrected chi connectivity index (χ2v) is 7.11. The Bertz CT molecular complexity index is 431. The maximum absolute atomic E-state index is 3.60. The van der Waals surface area contributed by atoms with Crippen molar-refractivity contribution in [3.63, 3.8) is 0 Å². The molecule has 3 heteroatoms. The van der Waals surface area contributed by atoms with Crippen molar-refractivity contribution in [1.82, 2.24) is 5.32 Å². The lowest BCUT2D eigenvalue weighted by molar-refractivity contribution is 0.529. The number of hydrogen-bond donors (Lipinski definition) is 1. The third-order valence-electron chi connectivity index (χ3n) is 4.07. The van der Waals surface area contributed by atoms with Crippen molar-refractivity contribution in [2.75, 3.05) is 18.0 Å². The van der Waals surface area contributed by atoms with Gasteiger partial charge in [-0.25, -0.2) is 0 Å². The summed E-state index contributed by atoms with van der Waals surface area (Å²) >= 11 is 3.60. The Morgan fingerprint density at radius 3 is 2.90 bits per heavy atom. The summed E-state index contributed by atoms with van der Waals surface area (Å²) in [6.07, 6.45) is 4.02. The quantitative estimate of drug-likeness (QED) is 0.816. The van der Waals surface area contributed by atoms with E-state index in [2.05, 4.69) is 65.1 Å². The lowest BCUT2D eigenvalue weighted by atomic mass is 10.0. The van der Waals surface area contributed by atoms with Crippen LogP contribution in [0.4, 0.5) is 5.69 Å². The smallest absolute Gasteiger partial charge is 0.0412 e. The molecule has 0 radical (unpaired) electrons. The Morgan fingerprint density at radius 2 is 2.20 bits per heavy atom. The van der Waals surface area contributed by atoms with E-state index in [4.69, 9.17) is 0 Å². The lowest BCUT2D eigenvalue weighted by Gasteiger charge is -2.23. The van der Waals surface area contributed by atoms with Gasteiger partial charge in [-0.1, -0.05) is 43.1 Å². The van der Waals surface area contributed by atoms with Crippen LogP contribution in [0.1, 0.15) is 45.6 Å². The Kier molecular flexibility index (Phi) is 5.91. The van der Waals surface area contributed by atoms with E-state index in [-0.39, 0.29) is 0 Å². The molecular weight excluding hydrogens is 312 g/mol. The van der Waals surface area contributed by atoms with Crippen LogP contribution in [-0.2, 0) is 6.54 Å². The van der Waals surface area contributed by atoms with Gasteiger partial charge < -0.3 is 10.2 Å². The minimum Gasteiger partial charge on any atom is -0.371 e. The van der Waals surface area contributed by atoms with E-state index in [0.29, 0.717) is 6.04 Å². The van der Waals surface area contributed by atoms with Gasteiger partial charge in [0.15, 0.2) is 0 Å². The molecule has 0 aromatic heterocycles. The zero-order valence-electron chi connectivity index (χ0n) is 13.0. The van der Waals surface area contributed by atoms with Crippen molar-refractivity contribution >= 4 is 21.6 Å². The van der Waals surface area contributed by atoms with Gasteiger partial charge in [0, 0.05) is 35.8 Å². The second-order valence-electron chi connectivity index (χ2n) is 6.20. The lowest BCUT2D eigenvalue weighted by Crippen LogP contribution is -2.25. The van der Waals surface area contributed by atoms with Crippen LogP contribution in [0.3, 0.4) is 0 Å². The predicted octanol–water partition coefficient (Wildman–Crippen LogP) is 4.57. The van der Waals surface area contributed by atoms with E-state index in [9.17, 15) is 0 Å². The molecule has 1 atom stereocenters. The van der Waals surface area contributed by atoms with E-state index in [1.165, 1.54) is 48.1 Å². The highest BCUT2D eigenvalue weighted by Crippen LogP contribution is 2.30. The average molecular weight is 339 g/mol. The second kappa shape index (κ2) is 7.46. The number of nitrogens with zero attached hydrogens (tertiary/aromatic N) is 1. The molecule has 1 heterocycles. The van der Waals surface area contributed by atoms with E-state index in [0.717, 1.165) is 12.5 Å². The van der Waals surface area contributed by atoms with E-state index < -0.39 is 0 Å². The van der Waals surface area contributed by atoms with Crippen molar-refractivity contribution in [2.45, 2.75) is 52.6 Å². The summed E-state index contributed by atoms with van der Waals surface area (Å²) in [6, 6.07) is 7.22. The fourth-order valence-electron chi connectivity index (χ4n) is 3.01. The Hall–Kier alpha value is -0.540. The minimum absolute atomic E-state index is 0.522. The highest BCUT2D eigenvalue weighted by atomic mass is 79.9. The molecule has 2 nitrogen and oxygen atoms in total. The summed E-state index contributed by atoms with van der Waals surface area (Å²) in [7, 11) is 0. The number of nitrogens with one attached hydrogen (secondary N) is 1. The van der Waals surface area contributed by atoms with Crippen molar-refractivity contribution < 1.29 is 0 Å². The third-order valence-corrected chi connectivity index (χ3v) is 4.56. The Morgan fingerprint density at radius 1 is 1.40 bits per heavy atom. The van der Waals surface area contributed by atoms with Gasteiger partial charge in [0.05, 0.1) is 0 Å². The van der Waals surface area contributed by atoms with Crippen LogP contribution in [0, 0.1) is 5.92 Å². The van der Waals surface area contributed by atoms with Gasteiger partial charge in [-0.05, 0) is 42.5 Å². The molecule has 0 aliphatic carbocycles. The summed E-state index contributed by atoms with van der Waals surface area (Å²) in [5.74, 6) is 0.884. The van der Waals surface area contributed by atoms with Gasteiger partial charge in [0.25, 0.3) is 0 Å². The van der Waals surface area contributed by atoms with Crippen LogP contribution in [0.5, 0.6) is 0 Å². The predicted molar refractivity (Wildman–Crippen MR) is 91.3 cm³/mol. The van der Waals surface area contributed by atoms with Crippen molar-refractivity contribution in [3.8, 4) is 0 Å². The maximum atomic E-state index is 3.60.